The molecule has 0 radical (unpaired) electrons. The number of carbonyl (C=O) groups is 1. The van der Waals surface area contributed by atoms with Crippen LogP contribution in [0.5, 0.6) is 5.75 Å². The van der Waals surface area contributed by atoms with Gasteiger partial charge in [-0.1, -0.05) is 22.9 Å². The monoisotopic (exact) mass is 329 g/mol. The van der Waals surface area contributed by atoms with Gasteiger partial charge in [0, 0.05) is 0 Å². The molecular weight excluding hydrogens is 306 g/mol. The number of aromatic nitrogens is 3. The van der Waals surface area contributed by atoms with Crippen LogP contribution < -0.4 is 15.4 Å². The third kappa shape index (κ3) is 4.32. The molecule has 1 fully saturated rings. The summed E-state index contributed by atoms with van der Waals surface area (Å²) in [6, 6.07) is 8.15. The standard InChI is InChI=1S/C17H23N5O2/c1-13-2-4-15(5-3-13)24-11-10-19-17(23)16-12-22(21-20-16)14-6-8-18-9-7-14/h2-5,12,14,18H,6-11H2,1H3,(H,19,23). The fourth-order valence-corrected chi connectivity index (χ4v) is 2.69. The molecule has 7 heteroatoms. The van der Waals surface area contributed by atoms with E-state index in [1.165, 1.54) is 5.56 Å². The summed E-state index contributed by atoms with van der Waals surface area (Å²) in [5.41, 5.74) is 1.54. The Bertz CT molecular complexity index is 662. The van der Waals surface area contributed by atoms with Crippen molar-refractivity contribution in [2.24, 2.45) is 0 Å². The highest BCUT2D eigenvalue weighted by Crippen LogP contribution is 2.17. The molecule has 1 aliphatic heterocycles. The van der Waals surface area contributed by atoms with Gasteiger partial charge in [0.25, 0.3) is 5.91 Å². The summed E-state index contributed by atoms with van der Waals surface area (Å²) in [7, 11) is 0. The topological polar surface area (TPSA) is 81.1 Å². The average Bonchev–Trinajstić information content (AvgIpc) is 3.11. The normalized spacial score (nSPS) is 15.2. The molecule has 128 valence electrons. The van der Waals surface area contributed by atoms with Crippen LogP contribution in [0.15, 0.2) is 30.5 Å². The fraction of sp³-hybridized carbons (Fsp3) is 0.471. The van der Waals surface area contributed by atoms with Crippen molar-refractivity contribution in [1.82, 2.24) is 25.6 Å². The van der Waals surface area contributed by atoms with Gasteiger partial charge in [0.05, 0.1) is 18.8 Å². The molecule has 7 nitrogen and oxygen atoms in total. The van der Waals surface area contributed by atoms with Crippen LogP contribution in [0.3, 0.4) is 0 Å². The zero-order chi connectivity index (χ0) is 16.8. The average molecular weight is 329 g/mol. The minimum atomic E-state index is -0.220. The third-order valence-corrected chi connectivity index (χ3v) is 4.10. The molecule has 2 N–H and O–H groups in total. The molecule has 1 aliphatic rings. The predicted molar refractivity (Wildman–Crippen MR) is 90.2 cm³/mol. The van der Waals surface area contributed by atoms with E-state index in [1.807, 2.05) is 31.2 Å². The number of amides is 1. The van der Waals surface area contributed by atoms with Crippen molar-refractivity contribution >= 4 is 5.91 Å². The van der Waals surface area contributed by atoms with Crippen LogP contribution in [-0.4, -0.2) is 47.1 Å². The number of ether oxygens (including phenoxy) is 1. The van der Waals surface area contributed by atoms with E-state index in [4.69, 9.17) is 4.74 Å². The van der Waals surface area contributed by atoms with Crippen molar-refractivity contribution in [3.63, 3.8) is 0 Å². The maximum Gasteiger partial charge on any atom is 0.273 e. The SMILES string of the molecule is Cc1ccc(OCCNC(=O)c2cn(C3CCNCC3)nn2)cc1. The van der Waals surface area contributed by atoms with Gasteiger partial charge in [0.15, 0.2) is 5.69 Å². The molecule has 0 aliphatic carbocycles. The fourth-order valence-electron chi connectivity index (χ4n) is 2.69. The molecule has 24 heavy (non-hydrogen) atoms. The van der Waals surface area contributed by atoms with Crippen molar-refractivity contribution in [2.75, 3.05) is 26.2 Å². The highest BCUT2D eigenvalue weighted by atomic mass is 16.5. The Morgan fingerprint density at radius 2 is 2.08 bits per heavy atom. The van der Waals surface area contributed by atoms with Gasteiger partial charge in [-0.15, -0.1) is 5.10 Å². The summed E-state index contributed by atoms with van der Waals surface area (Å²) in [6.45, 7) is 4.82. The van der Waals surface area contributed by atoms with Crippen LogP contribution in [0.25, 0.3) is 0 Å². The second-order valence-electron chi connectivity index (χ2n) is 5.98. The number of nitrogens with one attached hydrogen (secondary N) is 2. The Kier molecular flexibility index (Phi) is 5.43. The smallest absolute Gasteiger partial charge is 0.273 e. The van der Waals surface area contributed by atoms with Crippen LogP contribution in [0, 0.1) is 6.92 Å². The Balaban J connectivity index is 1.43. The van der Waals surface area contributed by atoms with Gasteiger partial charge in [-0.25, -0.2) is 4.68 Å². The molecule has 3 rings (SSSR count). The number of piperidine rings is 1. The Morgan fingerprint density at radius 1 is 1.33 bits per heavy atom. The summed E-state index contributed by atoms with van der Waals surface area (Å²) < 4.78 is 7.39. The van der Waals surface area contributed by atoms with E-state index in [1.54, 1.807) is 10.9 Å². The molecule has 1 saturated heterocycles. The summed E-state index contributed by atoms with van der Waals surface area (Å²) >= 11 is 0. The number of carbonyl (C=O) groups excluding carboxylic acids is 1. The number of hydrogen-bond acceptors (Lipinski definition) is 5. The van der Waals surface area contributed by atoms with Crippen molar-refractivity contribution in [3.05, 3.63) is 41.7 Å². The number of benzene rings is 1. The van der Waals surface area contributed by atoms with E-state index < -0.39 is 0 Å². The Morgan fingerprint density at radius 3 is 2.83 bits per heavy atom. The van der Waals surface area contributed by atoms with E-state index in [0.717, 1.165) is 31.7 Å². The highest BCUT2D eigenvalue weighted by molar-refractivity contribution is 5.91. The first-order valence-corrected chi connectivity index (χ1v) is 8.32. The molecule has 0 unspecified atom stereocenters. The maximum absolute atomic E-state index is 12.1. The molecule has 1 amide bonds. The van der Waals surface area contributed by atoms with Crippen LogP contribution in [0.2, 0.25) is 0 Å². The summed E-state index contributed by atoms with van der Waals surface area (Å²) in [4.78, 5) is 12.1. The Hall–Kier alpha value is -2.41. The zero-order valence-electron chi connectivity index (χ0n) is 13.9. The van der Waals surface area contributed by atoms with E-state index >= 15 is 0 Å². The van der Waals surface area contributed by atoms with Gasteiger partial charge >= 0.3 is 0 Å². The van der Waals surface area contributed by atoms with Gasteiger partial charge in [0.2, 0.25) is 0 Å². The third-order valence-electron chi connectivity index (χ3n) is 4.10. The number of aryl methyl sites for hydroxylation is 1. The maximum atomic E-state index is 12.1. The molecule has 0 atom stereocenters. The van der Waals surface area contributed by atoms with E-state index in [0.29, 0.717) is 24.9 Å². The van der Waals surface area contributed by atoms with Gasteiger partial charge in [-0.2, -0.15) is 0 Å². The molecule has 0 spiro atoms. The molecule has 1 aromatic carbocycles. The molecule has 2 aromatic rings. The first-order chi connectivity index (χ1) is 11.7. The highest BCUT2D eigenvalue weighted by Gasteiger charge is 2.18. The minimum Gasteiger partial charge on any atom is -0.492 e. The van der Waals surface area contributed by atoms with Crippen molar-refractivity contribution in [3.8, 4) is 5.75 Å². The molecule has 0 bridgehead atoms. The van der Waals surface area contributed by atoms with Crippen molar-refractivity contribution in [1.29, 1.82) is 0 Å². The molecular formula is C17H23N5O2. The lowest BCUT2D eigenvalue weighted by atomic mass is 10.1. The second-order valence-corrected chi connectivity index (χ2v) is 5.98. The Labute approximate surface area is 141 Å². The zero-order valence-corrected chi connectivity index (χ0v) is 13.9. The van der Waals surface area contributed by atoms with Crippen molar-refractivity contribution in [2.45, 2.75) is 25.8 Å². The summed E-state index contributed by atoms with van der Waals surface area (Å²) in [5, 5.41) is 14.2. The van der Waals surface area contributed by atoms with Crippen LogP contribution >= 0.6 is 0 Å². The number of hydrogen-bond donors (Lipinski definition) is 2. The summed E-state index contributed by atoms with van der Waals surface area (Å²) in [6.07, 6.45) is 3.75. The minimum absolute atomic E-state index is 0.220. The second kappa shape index (κ2) is 7.92. The van der Waals surface area contributed by atoms with Crippen LogP contribution in [0.4, 0.5) is 0 Å². The van der Waals surface area contributed by atoms with Gasteiger partial charge in [0.1, 0.15) is 12.4 Å². The summed E-state index contributed by atoms with van der Waals surface area (Å²) in [5.74, 6) is 0.578. The number of nitrogens with zero attached hydrogens (tertiary/aromatic N) is 3. The molecule has 0 saturated carbocycles. The lowest BCUT2D eigenvalue weighted by molar-refractivity contribution is 0.0942. The molecule has 2 heterocycles. The van der Waals surface area contributed by atoms with Crippen molar-refractivity contribution < 1.29 is 9.53 Å². The van der Waals surface area contributed by atoms with Gasteiger partial charge in [-0.3, -0.25) is 4.79 Å². The van der Waals surface area contributed by atoms with E-state index in [2.05, 4.69) is 20.9 Å². The lowest BCUT2D eigenvalue weighted by Crippen LogP contribution is -2.30. The first-order valence-electron chi connectivity index (χ1n) is 8.32. The van der Waals surface area contributed by atoms with E-state index in [-0.39, 0.29) is 5.91 Å². The quantitative estimate of drug-likeness (QED) is 0.781. The lowest BCUT2D eigenvalue weighted by Gasteiger charge is -2.22. The van der Waals surface area contributed by atoms with E-state index in [9.17, 15) is 4.79 Å². The van der Waals surface area contributed by atoms with Gasteiger partial charge in [-0.05, 0) is 45.0 Å². The first kappa shape index (κ1) is 16.4. The van der Waals surface area contributed by atoms with Crippen LogP contribution in [-0.2, 0) is 0 Å². The largest absolute Gasteiger partial charge is 0.492 e. The predicted octanol–water partition coefficient (Wildman–Crippen LogP) is 1.32. The van der Waals surface area contributed by atoms with Crippen LogP contribution in [0.1, 0.15) is 34.9 Å². The van der Waals surface area contributed by atoms with Gasteiger partial charge < -0.3 is 15.4 Å². The number of rotatable bonds is 6. The molecule has 1 aromatic heterocycles.